The zero-order valence-corrected chi connectivity index (χ0v) is 14.2. The minimum Gasteiger partial charge on any atom is -0.493 e. The van der Waals surface area contributed by atoms with Crippen molar-refractivity contribution >= 4 is 17.3 Å². The molecule has 6 nitrogen and oxygen atoms in total. The second-order valence-electron chi connectivity index (χ2n) is 5.07. The Hall–Kier alpha value is -2.67. The van der Waals surface area contributed by atoms with Crippen LogP contribution in [0.25, 0.3) is 5.69 Å². The van der Waals surface area contributed by atoms with Gasteiger partial charge in [0, 0.05) is 11.3 Å². The maximum absolute atomic E-state index is 12.3. The smallest absolute Gasteiger partial charge is 0.362 e. The lowest BCUT2D eigenvalue weighted by molar-refractivity contribution is 0.0498. The standard InChI is InChI=1S/C17H17N3O3S/c1-12-15(24-11-18-12)8-9-23-17(21)16-14(22-2)10-20(19-16)13-6-4-3-5-7-13/h3-7,10-11H,8-9H2,1-2H3. The van der Waals surface area contributed by atoms with E-state index in [9.17, 15) is 4.79 Å². The number of rotatable bonds is 6. The molecular formula is C17H17N3O3S. The Morgan fingerprint density at radius 2 is 2.08 bits per heavy atom. The van der Waals surface area contributed by atoms with Gasteiger partial charge in [-0.25, -0.2) is 14.5 Å². The highest BCUT2D eigenvalue weighted by atomic mass is 32.1. The summed E-state index contributed by atoms with van der Waals surface area (Å²) in [7, 11) is 1.50. The second kappa shape index (κ2) is 7.27. The van der Waals surface area contributed by atoms with Crippen molar-refractivity contribution in [3.8, 4) is 11.4 Å². The Kier molecular flexibility index (Phi) is 4.90. The maximum atomic E-state index is 12.3. The summed E-state index contributed by atoms with van der Waals surface area (Å²) in [5, 5.41) is 4.29. The van der Waals surface area contributed by atoms with Gasteiger partial charge in [-0.3, -0.25) is 0 Å². The molecule has 0 unspecified atom stereocenters. The molecule has 0 N–H and O–H groups in total. The second-order valence-corrected chi connectivity index (χ2v) is 6.01. The minimum absolute atomic E-state index is 0.169. The molecule has 0 atom stereocenters. The van der Waals surface area contributed by atoms with Gasteiger partial charge >= 0.3 is 5.97 Å². The predicted octanol–water partition coefficient (Wildman–Crippen LogP) is 3.05. The Morgan fingerprint density at radius 3 is 2.75 bits per heavy atom. The summed E-state index contributed by atoms with van der Waals surface area (Å²) in [6.45, 7) is 2.22. The van der Waals surface area contributed by atoms with E-state index in [4.69, 9.17) is 9.47 Å². The molecule has 3 aromatic rings. The largest absolute Gasteiger partial charge is 0.493 e. The van der Waals surface area contributed by atoms with Crippen LogP contribution < -0.4 is 4.74 Å². The van der Waals surface area contributed by atoms with Gasteiger partial charge in [0.1, 0.15) is 0 Å². The Balaban J connectivity index is 1.70. The molecule has 0 fully saturated rings. The summed E-state index contributed by atoms with van der Waals surface area (Å²) < 4.78 is 12.2. The average molecular weight is 343 g/mol. The highest BCUT2D eigenvalue weighted by Crippen LogP contribution is 2.20. The van der Waals surface area contributed by atoms with Crippen molar-refractivity contribution in [2.45, 2.75) is 13.3 Å². The number of para-hydroxylation sites is 1. The van der Waals surface area contributed by atoms with E-state index in [-0.39, 0.29) is 12.3 Å². The molecule has 124 valence electrons. The van der Waals surface area contributed by atoms with Crippen LogP contribution in [0.15, 0.2) is 42.0 Å². The quantitative estimate of drug-likeness (QED) is 0.644. The molecule has 0 aliphatic rings. The van der Waals surface area contributed by atoms with E-state index in [0.717, 1.165) is 16.3 Å². The number of carbonyl (C=O) groups is 1. The minimum atomic E-state index is -0.497. The zero-order chi connectivity index (χ0) is 16.9. The molecule has 1 aromatic carbocycles. The molecule has 3 rings (SSSR count). The summed E-state index contributed by atoms with van der Waals surface area (Å²) in [6, 6.07) is 9.51. The fourth-order valence-electron chi connectivity index (χ4n) is 2.23. The summed E-state index contributed by atoms with van der Waals surface area (Å²) in [5.41, 5.74) is 3.77. The van der Waals surface area contributed by atoms with Crippen LogP contribution in [0.5, 0.6) is 5.75 Å². The number of hydrogen-bond acceptors (Lipinski definition) is 6. The first-order valence-electron chi connectivity index (χ1n) is 7.44. The molecular weight excluding hydrogens is 326 g/mol. The summed E-state index contributed by atoms with van der Waals surface area (Å²) in [6.07, 6.45) is 2.31. The molecule has 0 amide bonds. The van der Waals surface area contributed by atoms with Gasteiger partial charge in [-0.2, -0.15) is 5.10 Å². The van der Waals surface area contributed by atoms with Gasteiger partial charge in [0.2, 0.25) is 5.69 Å². The topological polar surface area (TPSA) is 66.2 Å². The molecule has 24 heavy (non-hydrogen) atoms. The number of aromatic nitrogens is 3. The van der Waals surface area contributed by atoms with Gasteiger partial charge in [-0.15, -0.1) is 11.3 Å². The first-order valence-corrected chi connectivity index (χ1v) is 8.32. The number of nitrogens with zero attached hydrogens (tertiary/aromatic N) is 3. The number of ether oxygens (including phenoxy) is 2. The van der Waals surface area contributed by atoms with Gasteiger partial charge in [0.25, 0.3) is 0 Å². The number of thiazole rings is 1. The highest BCUT2D eigenvalue weighted by Gasteiger charge is 2.20. The maximum Gasteiger partial charge on any atom is 0.362 e. The third-order valence-corrected chi connectivity index (χ3v) is 4.52. The molecule has 2 heterocycles. The van der Waals surface area contributed by atoms with Gasteiger partial charge in [0.05, 0.1) is 36.8 Å². The Bertz CT molecular complexity index is 827. The summed E-state index contributed by atoms with van der Waals surface area (Å²) in [4.78, 5) is 17.6. The van der Waals surface area contributed by atoms with Crippen LogP contribution in [-0.2, 0) is 11.2 Å². The summed E-state index contributed by atoms with van der Waals surface area (Å²) in [5.74, 6) is -0.110. The van der Waals surface area contributed by atoms with Crippen molar-refractivity contribution in [3.63, 3.8) is 0 Å². The lowest BCUT2D eigenvalue weighted by Gasteiger charge is -2.03. The van der Waals surface area contributed by atoms with E-state index < -0.39 is 5.97 Å². The molecule has 0 saturated carbocycles. The van der Waals surface area contributed by atoms with Crippen molar-refractivity contribution in [2.75, 3.05) is 13.7 Å². The van der Waals surface area contributed by atoms with E-state index in [1.165, 1.54) is 7.11 Å². The van der Waals surface area contributed by atoms with Crippen molar-refractivity contribution in [3.05, 3.63) is 58.3 Å². The number of aryl methyl sites for hydroxylation is 1. The van der Waals surface area contributed by atoms with Crippen molar-refractivity contribution in [1.29, 1.82) is 0 Å². The van der Waals surface area contributed by atoms with Crippen molar-refractivity contribution < 1.29 is 14.3 Å². The lowest BCUT2D eigenvalue weighted by Crippen LogP contribution is -2.10. The predicted molar refractivity (Wildman–Crippen MR) is 91.0 cm³/mol. The highest BCUT2D eigenvalue weighted by molar-refractivity contribution is 7.09. The molecule has 0 saturated heterocycles. The van der Waals surface area contributed by atoms with Crippen LogP contribution in [0, 0.1) is 6.92 Å². The van der Waals surface area contributed by atoms with Crippen molar-refractivity contribution in [1.82, 2.24) is 14.8 Å². The molecule has 0 aliphatic heterocycles. The lowest BCUT2D eigenvalue weighted by atomic mass is 10.3. The fourth-order valence-corrected chi connectivity index (χ4v) is 3.00. The van der Waals surface area contributed by atoms with Gasteiger partial charge in [0.15, 0.2) is 5.75 Å². The molecule has 0 bridgehead atoms. The molecule has 0 radical (unpaired) electrons. The average Bonchev–Trinajstić information content (AvgIpc) is 3.22. The molecule has 0 spiro atoms. The van der Waals surface area contributed by atoms with Crippen LogP contribution in [0.3, 0.4) is 0 Å². The number of carbonyl (C=O) groups excluding carboxylic acids is 1. The monoisotopic (exact) mass is 343 g/mol. The normalized spacial score (nSPS) is 10.6. The van der Waals surface area contributed by atoms with Crippen LogP contribution in [0.1, 0.15) is 21.1 Å². The fraction of sp³-hybridized carbons (Fsp3) is 0.235. The first-order chi connectivity index (χ1) is 11.7. The van der Waals surface area contributed by atoms with Gasteiger partial charge in [-0.05, 0) is 19.1 Å². The molecule has 2 aromatic heterocycles. The van der Waals surface area contributed by atoms with E-state index in [0.29, 0.717) is 12.2 Å². The number of benzene rings is 1. The van der Waals surface area contributed by atoms with Gasteiger partial charge in [-0.1, -0.05) is 18.2 Å². The van der Waals surface area contributed by atoms with Crippen LogP contribution in [-0.4, -0.2) is 34.5 Å². The number of hydrogen-bond donors (Lipinski definition) is 0. The Morgan fingerprint density at radius 1 is 1.29 bits per heavy atom. The summed E-state index contributed by atoms with van der Waals surface area (Å²) >= 11 is 1.56. The van der Waals surface area contributed by atoms with E-state index >= 15 is 0 Å². The van der Waals surface area contributed by atoms with E-state index in [2.05, 4.69) is 10.1 Å². The molecule has 0 aliphatic carbocycles. The van der Waals surface area contributed by atoms with Crippen molar-refractivity contribution in [2.24, 2.45) is 0 Å². The van der Waals surface area contributed by atoms with Crippen LogP contribution >= 0.6 is 11.3 Å². The van der Waals surface area contributed by atoms with Gasteiger partial charge < -0.3 is 9.47 Å². The number of esters is 1. The third kappa shape index (κ3) is 3.46. The van der Waals surface area contributed by atoms with E-state index in [1.807, 2.05) is 37.3 Å². The molecule has 7 heteroatoms. The zero-order valence-electron chi connectivity index (χ0n) is 13.4. The first kappa shape index (κ1) is 16.2. The van der Waals surface area contributed by atoms with Crippen LogP contribution in [0.4, 0.5) is 0 Å². The van der Waals surface area contributed by atoms with Crippen LogP contribution in [0.2, 0.25) is 0 Å². The third-order valence-electron chi connectivity index (χ3n) is 3.52. The number of methoxy groups -OCH3 is 1. The van der Waals surface area contributed by atoms with E-state index in [1.54, 1.807) is 27.7 Å². The Labute approximate surface area is 143 Å². The SMILES string of the molecule is COc1cn(-c2ccccc2)nc1C(=O)OCCc1scnc1C.